The monoisotopic (exact) mass is 555 g/mol. The lowest BCUT2D eigenvalue weighted by Crippen LogP contribution is -2.63. The number of carbonyl (C=O) groups excluding carboxylic acids is 4. The van der Waals surface area contributed by atoms with Gasteiger partial charge in [0.1, 0.15) is 5.75 Å². The fourth-order valence-electron chi connectivity index (χ4n) is 4.07. The van der Waals surface area contributed by atoms with Gasteiger partial charge in [-0.15, -0.1) is 0 Å². The van der Waals surface area contributed by atoms with Crippen molar-refractivity contribution in [2.45, 2.75) is 50.7 Å². The predicted molar refractivity (Wildman–Crippen MR) is 147 cm³/mol. The molecule has 0 aliphatic heterocycles. The van der Waals surface area contributed by atoms with Crippen molar-refractivity contribution >= 4 is 29.5 Å². The summed E-state index contributed by atoms with van der Waals surface area (Å²) >= 11 is 0. The number of Topliss-reactive ketones (excluding diaryl/α,β-unsaturated/α-hetero) is 1. The van der Waals surface area contributed by atoms with Crippen molar-refractivity contribution < 1.29 is 34.2 Å². The summed E-state index contributed by atoms with van der Waals surface area (Å²) in [5, 5.41) is 26.3. The number of hydrogen-bond donors (Lipinski definition) is 7. The number of rotatable bonds is 15. The van der Waals surface area contributed by atoms with Crippen LogP contribution in [0.5, 0.6) is 5.75 Å². The van der Waals surface area contributed by atoms with Crippen molar-refractivity contribution in [2.75, 3.05) is 13.1 Å². The first kappa shape index (κ1) is 31.9. The van der Waals surface area contributed by atoms with Gasteiger partial charge in [-0.1, -0.05) is 56.3 Å². The van der Waals surface area contributed by atoms with E-state index in [0.717, 1.165) is 5.56 Å². The smallest absolute Gasteiger partial charge is 0.331 e. The third-order valence-electron chi connectivity index (χ3n) is 6.08. The summed E-state index contributed by atoms with van der Waals surface area (Å²) in [6.07, 6.45) is 0.0507. The Labute approximate surface area is 232 Å². The summed E-state index contributed by atoms with van der Waals surface area (Å²) < 4.78 is 0. The molecule has 2 rings (SSSR count). The number of aromatic hydroxyl groups is 1. The Hall–Kier alpha value is -4.29. The minimum absolute atomic E-state index is 0.00133. The molecule has 40 heavy (non-hydrogen) atoms. The normalized spacial score (nSPS) is 13.9. The fourth-order valence-corrected chi connectivity index (χ4v) is 4.07. The first-order chi connectivity index (χ1) is 18.8. The second-order valence-electron chi connectivity index (χ2n) is 10.0. The number of carbonyl (C=O) groups is 5. The number of amides is 3. The Morgan fingerprint density at radius 3 is 2.00 bits per heavy atom. The van der Waals surface area contributed by atoms with Crippen LogP contribution in [0.15, 0.2) is 54.6 Å². The average molecular weight is 556 g/mol. The van der Waals surface area contributed by atoms with Crippen molar-refractivity contribution in [1.82, 2.24) is 16.0 Å². The summed E-state index contributed by atoms with van der Waals surface area (Å²) in [6, 6.07) is 12.7. The lowest BCUT2D eigenvalue weighted by molar-refractivity contribution is -0.150. The Bertz CT molecular complexity index is 1190. The van der Waals surface area contributed by atoms with E-state index in [1.807, 2.05) is 0 Å². The number of phenols is 1. The maximum Gasteiger partial charge on any atom is 0.331 e. The molecule has 0 saturated carbocycles. The molecule has 0 fully saturated rings. The van der Waals surface area contributed by atoms with Crippen molar-refractivity contribution in [3.05, 3.63) is 65.7 Å². The van der Waals surface area contributed by atoms with Crippen LogP contribution in [0.4, 0.5) is 0 Å². The number of ketones is 1. The molecule has 2 aromatic carbocycles. The van der Waals surface area contributed by atoms with Gasteiger partial charge in [-0.25, -0.2) is 4.79 Å². The first-order valence-electron chi connectivity index (χ1n) is 12.8. The van der Waals surface area contributed by atoms with Crippen LogP contribution in [0.3, 0.4) is 0 Å². The number of carboxylic acid groups (broad SMARTS) is 1. The summed E-state index contributed by atoms with van der Waals surface area (Å²) in [4.78, 5) is 62.4. The van der Waals surface area contributed by atoms with Gasteiger partial charge < -0.3 is 37.6 Å². The van der Waals surface area contributed by atoms with E-state index in [0.29, 0.717) is 5.56 Å². The van der Waals surface area contributed by atoms with Crippen molar-refractivity contribution in [3.8, 4) is 5.75 Å². The Balaban J connectivity index is 1.95. The highest BCUT2D eigenvalue weighted by Crippen LogP contribution is 2.19. The van der Waals surface area contributed by atoms with Gasteiger partial charge in [0.15, 0.2) is 11.3 Å². The van der Waals surface area contributed by atoms with E-state index in [9.17, 15) is 34.2 Å². The lowest BCUT2D eigenvalue weighted by atomic mass is 9.81. The number of nitrogens with one attached hydrogen (secondary N) is 3. The molecule has 0 heterocycles. The molecule has 9 N–H and O–H groups in total. The van der Waals surface area contributed by atoms with E-state index in [-0.39, 0.29) is 30.9 Å². The van der Waals surface area contributed by atoms with Crippen molar-refractivity contribution in [3.63, 3.8) is 0 Å². The van der Waals surface area contributed by atoms with Crippen LogP contribution >= 0.6 is 0 Å². The van der Waals surface area contributed by atoms with E-state index in [4.69, 9.17) is 11.5 Å². The molecule has 12 heteroatoms. The quantitative estimate of drug-likeness (QED) is 0.142. The minimum Gasteiger partial charge on any atom is -0.508 e. The highest BCUT2D eigenvalue weighted by molar-refractivity contribution is 6.11. The van der Waals surface area contributed by atoms with Crippen molar-refractivity contribution in [1.29, 1.82) is 0 Å². The molecule has 0 aromatic heterocycles. The van der Waals surface area contributed by atoms with Crippen LogP contribution < -0.4 is 27.4 Å². The van der Waals surface area contributed by atoms with Gasteiger partial charge in [-0.3, -0.25) is 19.2 Å². The van der Waals surface area contributed by atoms with Gasteiger partial charge in [-0.2, -0.15) is 0 Å². The summed E-state index contributed by atoms with van der Waals surface area (Å²) in [6.45, 7) is 2.50. The predicted octanol–water partition coefficient (Wildman–Crippen LogP) is -0.381. The van der Waals surface area contributed by atoms with Crippen LogP contribution in [0.1, 0.15) is 31.4 Å². The summed E-state index contributed by atoms with van der Waals surface area (Å²) in [5.41, 5.74) is 11.1. The zero-order chi connectivity index (χ0) is 29.9. The molecule has 216 valence electrons. The molecule has 3 unspecified atom stereocenters. The van der Waals surface area contributed by atoms with Crippen LogP contribution in [0, 0.1) is 5.92 Å². The summed E-state index contributed by atoms with van der Waals surface area (Å²) in [5.74, 6) is -4.47. The van der Waals surface area contributed by atoms with Crippen LogP contribution in [-0.2, 0) is 36.8 Å². The molecule has 0 aliphatic carbocycles. The molecule has 0 bridgehead atoms. The fraction of sp³-hybridized carbons (Fsp3) is 0.393. The lowest BCUT2D eigenvalue weighted by Gasteiger charge is -2.30. The molecular formula is C28H37N5O7. The second-order valence-corrected chi connectivity index (χ2v) is 10.0. The average Bonchev–Trinajstić information content (AvgIpc) is 2.91. The third kappa shape index (κ3) is 9.79. The topological polar surface area (TPSA) is 214 Å². The maximum atomic E-state index is 13.3. The standard InChI is InChI=1S/C28H37N5O7/c1-17(2)14-28(30,27(39)40)25(37)22(13-18-6-4-3-5-7-18)33-24(36)16-31-23(35)15-32-26(38)21(29)12-19-8-10-20(34)11-9-19/h3-11,17,21-22,34H,12-16,29-30H2,1-2H3,(H,31,35)(H,32,38)(H,33,36)(H,39,40). The molecular weight excluding hydrogens is 518 g/mol. The van der Waals surface area contributed by atoms with Gasteiger partial charge in [0.25, 0.3) is 0 Å². The van der Waals surface area contributed by atoms with Gasteiger partial charge >= 0.3 is 5.97 Å². The Kier molecular flexibility index (Phi) is 11.8. The van der Waals surface area contributed by atoms with E-state index >= 15 is 0 Å². The molecule has 12 nitrogen and oxygen atoms in total. The zero-order valence-corrected chi connectivity index (χ0v) is 22.6. The highest BCUT2D eigenvalue weighted by atomic mass is 16.4. The van der Waals surface area contributed by atoms with Gasteiger partial charge in [0.05, 0.1) is 25.2 Å². The van der Waals surface area contributed by atoms with Crippen LogP contribution in [0.25, 0.3) is 0 Å². The largest absolute Gasteiger partial charge is 0.508 e. The van der Waals surface area contributed by atoms with E-state index in [1.54, 1.807) is 56.3 Å². The second kappa shape index (κ2) is 14.8. The van der Waals surface area contributed by atoms with Crippen LogP contribution in [0.2, 0.25) is 0 Å². The molecule has 2 aromatic rings. The SMILES string of the molecule is CC(C)CC(N)(C(=O)O)C(=O)C(Cc1ccccc1)NC(=O)CNC(=O)CNC(=O)C(N)Cc1ccc(O)cc1. The Morgan fingerprint density at radius 2 is 1.43 bits per heavy atom. The number of nitrogens with two attached hydrogens (primary N) is 2. The molecule has 0 radical (unpaired) electrons. The Morgan fingerprint density at radius 1 is 0.850 bits per heavy atom. The number of aliphatic carboxylic acids is 1. The molecule has 0 aliphatic rings. The molecule has 0 saturated heterocycles. The van der Waals surface area contributed by atoms with E-state index in [1.165, 1.54) is 12.1 Å². The minimum atomic E-state index is -2.21. The van der Waals surface area contributed by atoms with Crippen LogP contribution in [-0.4, -0.2) is 70.4 Å². The van der Waals surface area contributed by atoms with E-state index in [2.05, 4.69) is 16.0 Å². The zero-order valence-electron chi connectivity index (χ0n) is 22.6. The van der Waals surface area contributed by atoms with E-state index < -0.39 is 60.2 Å². The number of hydrogen-bond acceptors (Lipinski definition) is 8. The van der Waals surface area contributed by atoms with Gasteiger partial charge in [0.2, 0.25) is 17.7 Å². The maximum absolute atomic E-state index is 13.3. The number of carboxylic acids is 1. The molecule has 3 atom stereocenters. The third-order valence-corrected chi connectivity index (χ3v) is 6.08. The molecule has 0 spiro atoms. The number of phenolic OH excluding ortho intramolecular Hbond substituents is 1. The first-order valence-corrected chi connectivity index (χ1v) is 12.8. The molecule has 3 amide bonds. The van der Waals surface area contributed by atoms with Gasteiger partial charge in [0, 0.05) is 0 Å². The highest BCUT2D eigenvalue weighted by Gasteiger charge is 2.46. The summed E-state index contributed by atoms with van der Waals surface area (Å²) in [7, 11) is 0. The number of benzene rings is 2. The van der Waals surface area contributed by atoms with Gasteiger partial charge in [-0.05, 0) is 48.4 Å². The van der Waals surface area contributed by atoms with Crippen molar-refractivity contribution in [2.24, 2.45) is 17.4 Å².